The molecular weight excluding hydrogens is 1730 g/mol. The Hall–Kier alpha value is -14.8. The lowest BCUT2D eigenvalue weighted by Gasteiger charge is -2.17. The minimum atomic E-state index is -0.880. The van der Waals surface area contributed by atoms with E-state index in [2.05, 4.69) is 184 Å². The number of carbonyl (C=O) groups excluding carboxylic acids is 5. The number of allylic oxidation sites excluding steroid dienone is 5. The Labute approximate surface area is 769 Å². The monoisotopic (exact) mass is 1840 g/mol. The molecule has 6 aliphatic heterocycles. The van der Waals surface area contributed by atoms with Gasteiger partial charge in [0.2, 0.25) is 83.1 Å². The van der Waals surface area contributed by atoms with E-state index in [0.717, 1.165) is 63.0 Å². The molecule has 10 aromatic rings. The van der Waals surface area contributed by atoms with Gasteiger partial charge >= 0.3 is 0 Å². The third-order valence-corrected chi connectivity index (χ3v) is 21.6. The van der Waals surface area contributed by atoms with Gasteiger partial charge in [-0.05, 0) is 97.6 Å². The molecule has 16 heterocycles. The number of nitrogens with zero attached hydrogens (tertiary/aromatic N) is 22. The highest BCUT2D eigenvalue weighted by Gasteiger charge is 2.32. The highest BCUT2D eigenvalue weighted by atomic mass is 19.1. The molecule has 8 aliphatic rings. The number of aromatic nitrogens is 20. The summed E-state index contributed by atoms with van der Waals surface area (Å²) in [6.45, 7) is 29.0. The van der Waals surface area contributed by atoms with Crippen LogP contribution in [0.5, 0.6) is 0 Å². The first kappa shape index (κ1) is 95.3. The number of halogens is 1. The zero-order chi connectivity index (χ0) is 94.6. The van der Waals surface area contributed by atoms with Crippen molar-refractivity contribution in [3.05, 3.63) is 148 Å². The smallest absolute Gasteiger partial charge is 0.251 e. The first-order valence-electron chi connectivity index (χ1n) is 43.6. The van der Waals surface area contributed by atoms with Gasteiger partial charge in [0, 0.05) is 183 Å². The quantitative estimate of drug-likeness (QED) is 0.0171. The van der Waals surface area contributed by atoms with Crippen LogP contribution in [0, 0.1) is 5.92 Å². The average molecular weight is 1840 g/mol. The van der Waals surface area contributed by atoms with Crippen molar-refractivity contribution < 1.29 is 56.8 Å². The Balaban J connectivity index is 0.000000134. The second-order valence-electron chi connectivity index (χ2n) is 32.3. The molecule has 0 bridgehead atoms. The van der Waals surface area contributed by atoms with Gasteiger partial charge in [-0.15, -0.1) is 0 Å². The molecule has 0 radical (unpaired) electrons. The fourth-order valence-electron chi connectivity index (χ4n) is 14.4. The molecule has 134 heavy (non-hydrogen) atoms. The number of hydrogen-bond acceptors (Lipinski definition) is 36. The van der Waals surface area contributed by atoms with Crippen molar-refractivity contribution in [3.8, 4) is 0 Å². The molecule has 13 N–H and O–H groups in total. The number of fused-ring (bicyclic) bond motifs is 5. The van der Waals surface area contributed by atoms with Crippen molar-refractivity contribution >= 4 is 148 Å². The summed E-state index contributed by atoms with van der Waals surface area (Å²) in [4.78, 5) is 108. The van der Waals surface area contributed by atoms with E-state index >= 15 is 0 Å². The van der Waals surface area contributed by atoms with Crippen molar-refractivity contribution in [3.63, 3.8) is 0 Å². The molecule has 46 nitrogen and oxygen atoms in total. The number of hydrogen-bond donors (Lipinski definition) is 13. The second-order valence-corrected chi connectivity index (χ2v) is 32.3. The predicted molar refractivity (Wildman–Crippen MR) is 504 cm³/mol. The normalized spacial score (nSPS) is 18.1. The van der Waals surface area contributed by atoms with Crippen molar-refractivity contribution in [2.24, 2.45) is 5.92 Å². The van der Waals surface area contributed by atoms with Gasteiger partial charge in [0.15, 0.2) is 28.2 Å². The summed E-state index contributed by atoms with van der Waals surface area (Å²) in [7, 11) is 13.6. The van der Waals surface area contributed by atoms with Crippen LogP contribution in [-0.4, -0.2) is 294 Å². The summed E-state index contributed by atoms with van der Waals surface area (Å²) in [6.07, 6.45) is 23.8. The molecule has 0 aromatic carbocycles. The van der Waals surface area contributed by atoms with Crippen LogP contribution in [0.3, 0.4) is 0 Å². The van der Waals surface area contributed by atoms with Crippen LogP contribution >= 0.6 is 0 Å². The van der Waals surface area contributed by atoms with Crippen LogP contribution in [0.4, 0.5) is 63.9 Å². The van der Waals surface area contributed by atoms with Gasteiger partial charge < -0.3 is 107 Å². The van der Waals surface area contributed by atoms with Gasteiger partial charge in [0.1, 0.15) is 6.17 Å². The Morgan fingerprint density at radius 1 is 0.418 bits per heavy atom. The third kappa shape index (κ3) is 24.3. The second kappa shape index (κ2) is 44.4. The number of alkyl halides is 1. The lowest BCUT2D eigenvalue weighted by molar-refractivity contribution is -0.119. The molecule has 0 unspecified atom stereocenters. The zero-order valence-corrected chi connectivity index (χ0v) is 76.3. The molecule has 0 spiro atoms. The highest BCUT2D eigenvalue weighted by molar-refractivity contribution is 6.03. The Kier molecular flexibility index (Phi) is 31.6. The molecule has 47 heteroatoms. The molecule has 2 atom stereocenters. The fourth-order valence-corrected chi connectivity index (χ4v) is 14.4. The third-order valence-electron chi connectivity index (χ3n) is 21.6. The molecule has 8 fully saturated rings. The number of anilines is 10. The summed E-state index contributed by atoms with van der Waals surface area (Å²) in [6, 6.07) is 0.744. The van der Waals surface area contributed by atoms with Gasteiger partial charge in [0.05, 0.1) is 103 Å². The molecule has 10 aromatic heterocycles. The van der Waals surface area contributed by atoms with Crippen molar-refractivity contribution in [1.82, 2.24) is 124 Å². The summed E-state index contributed by atoms with van der Waals surface area (Å²) >= 11 is 0. The molecule has 5 amide bonds. The van der Waals surface area contributed by atoms with Crippen molar-refractivity contribution in [2.45, 2.75) is 89.4 Å². The minimum Gasteiger partial charge on any atom is -0.383 e. The Morgan fingerprint density at radius 3 is 1.10 bits per heavy atom. The van der Waals surface area contributed by atoms with Crippen LogP contribution in [-0.2, 0) is 52.4 Å². The Bertz CT molecular complexity index is 6250. The average Bonchev–Trinajstić information content (AvgIpc) is 1.64. The fraction of sp³-hybridized carbons (Fsp3) is 0.425. The first-order chi connectivity index (χ1) is 64.8. The van der Waals surface area contributed by atoms with E-state index in [1.807, 2.05) is 54.3 Å². The standard InChI is InChI=1S/C19H25N7O2.C18H22FN7O2.C17H23N7O3.C17H21N7O2.C16H21N7O2/c1-11-8-14(17(27)22-11)9-15-10-21-26-16(15)24-18(23-12(2)13-4-5-13)25-19(26)20-6-7-28-3;1-11-12(8-15(27)22-11)7-13-9-21-26-16(13)23-18(25-5-3-14(19)10-25)24-17(26)20-4-6-28-2;1-11-12(9-14(25)21-11)8-13-10-20-24-15(13)22-16(18-4-6-26-2)23-17(24)19-5-7-27-3;1-10-11(8-14(25)20-10)7-12-9-19-24-15(12)22-16(21-13-3-4-13)23-17(24)18-5-6-26-2;1-10-11(8-13(24)19-10)7-12-9-18-23-14(12)20-16(22(2)3)21-15(23)17-5-6-25-4/h9-10,12-13H,1,4-8H2,2-3H3,(H,22,27)(H2,20,23,24,25);7,9,14H,1,3-6,8,10H2,2H3,(H,22,27)(H,20,23,24);8,10H,1,4-7,9H2,2-3H3,(H,21,25)(H2,18,19,22,23);7,9,13H,1,3-6,8H2,2H3,(H,20,25)(H2,18,21,22,23);7,9H,1,5-6,8H2,2-4H3,(H,19,24)(H,17,20,21)/b14-9+;12-7+;12-8+;2*11-7+/t12-;14-;;;/m10.../s1. The lowest BCUT2D eigenvalue weighted by atomic mass is 10.1. The number of rotatable bonds is 36. The molecule has 6 saturated heterocycles. The maximum Gasteiger partial charge on any atom is 0.251 e. The van der Waals surface area contributed by atoms with E-state index in [-0.39, 0.29) is 42.5 Å². The maximum atomic E-state index is 13.7. The zero-order valence-electron chi connectivity index (χ0n) is 76.3. The minimum absolute atomic E-state index is 0.0506. The van der Waals surface area contributed by atoms with E-state index in [9.17, 15) is 28.4 Å². The van der Waals surface area contributed by atoms with Gasteiger partial charge in [0.25, 0.3) is 5.91 Å². The predicted octanol–water partition coefficient (Wildman–Crippen LogP) is 5.46. The molecular formula is C87H112FN35O11. The van der Waals surface area contributed by atoms with E-state index in [0.29, 0.717) is 257 Å². The van der Waals surface area contributed by atoms with Gasteiger partial charge in [-0.3, -0.25) is 24.0 Å². The van der Waals surface area contributed by atoms with Gasteiger partial charge in [-0.1, -0.05) is 32.9 Å². The van der Waals surface area contributed by atoms with Crippen molar-refractivity contribution in [2.75, 3.05) is 201 Å². The van der Waals surface area contributed by atoms with Gasteiger partial charge in [-0.2, -0.15) is 97.9 Å². The van der Waals surface area contributed by atoms with Crippen LogP contribution in [0.2, 0.25) is 0 Å². The summed E-state index contributed by atoms with van der Waals surface area (Å²) in [5.74, 6) is 5.67. The number of nitrogens with one attached hydrogen (secondary N) is 13. The number of amides is 5. The number of carbonyl (C=O) groups is 5. The largest absolute Gasteiger partial charge is 0.383 e. The van der Waals surface area contributed by atoms with E-state index < -0.39 is 6.17 Å². The SMILES string of the molecule is C=C1C/C(=C\c2cnn3c(NCCOC)nc(N[C@H](C)C4CC4)nc23)C(=O)N1.C=C1NC(=O)C/C1=C\c1cnn2c(NCCOC)nc(N(C)C)nc12.C=C1NC(=O)C/C1=C\c1cnn2c(NCCOC)nc(N3CC[C@H](F)C3)nc12.C=C1NC(=O)C/C1=C\c1cnn2c(NCCOC)nc(NC3CC3)nc12.C=C1NC(=O)C/C1=C\c1cnn2c(NCCOC)nc(NCCOC)nc12. The van der Waals surface area contributed by atoms with Crippen LogP contribution in [0.1, 0.15) is 98.9 Å². The molecule has 18 rings (SSSR count). The first-order valence-corrected chi connectivity index (χ1v) is 43.6. The lowest BCUT2D eigenvalue weighted by Crippen LogP contribution is -2.24. The summed E-state index contributed by atoms with van der Waals surface area (Å²) < 4.78 is 52.3. The van der Waals surface area contributed by atoms with E-state index in [4.69, 9.17) is 28.4 Å². The Morgan fingerprint density at radius 2 is 0.761 bits per heavy atom. The van der Waals surface area contributed by atoms with Gasteiger partial charge in [-0.25, -0.2) is 4.39 Å². The number of ether oxygens (including phenoxy) is 6. The summed E-state index contributed by atoms with van der Waals surface area (Å²) in [5, 5.41) is 61.4. The highest BCUT2D eigenvalue weighted by Crippen LogP contribution is 2.36. The van der Waals surface area contributed by atoms with Crippen LogP contribution in [0.15, 0.2) is 120 Å². The van der Waals surface area contributed by atoms with Crippen LogP contribution < -0.4 is 78.9 Å². The maximum absolute atomic E-state index is 13.7. The molecule has 2 aliphatic carbocycles. The topological polar surface area (TPSA) is 519 Å². The molecule has 2 saturated carbocycles. The van der Waals surface area contributed by atoms with E-state index in [1.165, 1.54) is 12.8 Å². The molecule has 708 valence electrons. The number of methoxy groups -OCH3 is 6. The summed E-state index contributed by atoms with van der Waals surface area (Å²) in [5.41, 5.74) is 14.1. The van der Waals surface area contributed by atoms with E-state index in [1.54, 1.807) is 96.2 Å². The van der Waals surface area contributed by atoms with Crippen molar-refractivity contribution in [1.29, 1.82) is 0 Å². The van der Waals surface area contributed by atoms with Crippen LogP contribution in [0.25, 0.3) is 58.6 Å².